The molecule has 46 heavy (non-hydrogen) atoms. The first-order valence-electron chi connectivity index (χ1n) is 15.7. The second-order valence-corrected chi connectivity index (χ2v) is 14.0. The van der Waals surface area contributed by atoms with E-state index in [4.69, 9.17) is 9.47 Å². The molecule has 4 rings (SSSR count). The number of aliphatic hydroxyl groups is 1. The summed E-state index contributed by atoms with van der Waals surface area (Å²) in [4.78, 5) is 29.0. The molecule has 0 saturated heterocycles. The number of hydrogen-bond donors (Lipinski definition) is 2. The summed E-state index contributed by atoms with van der Waals surface area (Å²) in [7, 11) is -2.24. The van der Waals surface area contributed by atoms with Crippen LogP contribution in [0.1, 0.15) is 60.7 Å². The van der Waals surface area contributed by atoms with Crippen LogP contribution in [0.3, 0.4) is 0 Å². The molecule has 0 spiro atoms. The number of carbonyl (C=O) groups is 2. The number of nitrogens with one attached hydrogen (secondary N) is 1. The van der Waals surface area contributed by atoms with Crippen LogP contribution in [0.2, 0.25) is 0 Å². The average Bonchev–Trinajstić information content (AvgIpc) is 3.06. The summed E-state index contributed by atoms with van der Waals surface area (Å²) in [6.45, 7) is 6.00. The molecule has 0 unspecified atom stereocenters. The largest absolute Gasteiger partial charge is 0.490 e. The Morgan fingerprint density at radius 2 is 1.72 bits per heavy atom. The highest BCUT2D eigenvalue weighted by Gasteiger charge is 2.32. The van der Waals surface area contributed by atoms with Gasteiger partial charge >= 0.3 is 0 Å². The first-order chi connectivity index (χ1) is 22.0. The number of sulfonamides is 1. The Morgan fingerprint density at radius 3 is 2.39 bits per heavy atom. The maximum absolute atomic E-state index is 14.3. The summed E-state index contributed by atoms with van der Waals surface area (Å²) in [5.41, 5.74) is 1.16. The highest BCUT2D eigenvalue weighted by Crippen LogP contribution is 2.29. The summed E-state index contributed by atoms with van der Waals surface area (Å²) >= 11 is 0. The van der Waals surface area contributed by atoms with Crippen molar-refractivity contribution in [2.45, 2.75) is 63.2 Å². The Balaban J connectivity index is 1.65. The van der Waals surface area contributed by atoms with Gasteiger partial charge in [0.05, 0.1) is 35.3 Å². The Bertz CT molecular complexity index is 1550. The molecule has 2 amide bonds. The van der Waals surface area contributed by atoms with Crippen LogP contribution in [0, 0.1) is 5.92 Å². The molecule has 3 aromatic rings. The lowest BCUT2D eigenvalue weighted by Gasteiger charge is -2.35. The number of amides is 2. The van der Waals surface area contributed by atoms with Crippen molar-refractivity contribution >= 4 is 27.5 Å². The predicted molar refractivity (Wildman–Crippen MR) is 178 cm³/mol. The van der Waals surface area contributed by atoms with Gasteiger partial charge in [-0.25, -0.2) is 8.42 Å². The van der Waals surface area contributed by atoms with Gasteiger partial charge in [-0.2, -0.15) is 4.31 Å². The van der Waals surface area contributed by atoms with E-state index in [9.17, 15) is 23.1 Å². The number of nitrogens with zero attached hydrogens (tertiary/aromatic N) is 2. The summed E-state index contributed by atoms with van der Waals surface area (Å²) in [6.07, 6.45) is 1.53. The van der Waals surface area contributed by atoms with Crippen molar-refractivity contribution < 1.29 is 32.6 Å². The predicted octanol–water partition coefficient (Wildman–Crippen LogP) is 5.06. The van der Waals surface area contributed by atoms with E-state index in [1.807, 2.05) is 19.9 Å². The van der Waals surface area contributed by atoms with Gasteiger partial charge in [0.1, 0.15) is 5.75 Å². The average molecular weight is 652 g/mol. The lowest BCUT2D eigenvalue weighted by Crippen LogP contribution is -2.48. The fraction of sp³-hybridized carbons (Fsp3) is 0.429. The van der Waals surface area contributed by atoms with Crippen LogP contribution in [0.15, 0.2) is 83.8 Å². The van der Waals surface area contributed by atoms with Gasteiger partial charge in [0, 0.05) is 43.9 Å². The van der Waals surface area contributed by atoms with Crippen molar-refractivity contribution in [3.63, 3.8) is 0 Å². The first kappa shape index (κ1) is 35.1. The zero-order valence-corrected chi connectivity index (χ0v) is 27.8. The van der Waals surface area contributed by atoms with E-state index in [0.29, 0.717) is 30.0 Å². The molecule has 3 aromatic carbocycles. The molecule has 2 N–H and O–H groups in total. The van der Waals surface area contributed by atoms with Crippen LogP contribution >= 0.6 is 0 Å². The van der Waals surface area contributed by atoms with Crippen LogP contribution in [0.4, 0.5) is 5.69 Å². The molecular formula is C35H45N3O7S. The molecule has 0 saturated carbocycles. The van der Waals surface area contributed by atoms with Gasteiger partial charge in [0.2, 0.25) is 10.0 Å². The highest BCUT2D eigenvalue weighted by atomic mass is 32.2. The lowest BCUT2D eigenvalue weighted by molar-refractivity contribution is -0.00834. The van der Waals surface area contributed by atoms with Gasteiger partial charge in [0.15, 0.2) is 0 Å². The van der Waals surface area contributed by atoms with Crippen molar-refractivity contribution in [1.82, 2.24) is 9.21 Å². The number of anilines is 1. The van der Waals surface area contributed by atoms with Gasteiger partial charge in [-0.3, -0.25) is 9.59 Å². The molecule has 11 heteroatoms. The lowest BCUT2D eigenvalue weighted by atomic mass is 10.0. The highest BCUT2D eigenvalue weighted by molar-refractivity contribution is 7.89. The van der Waals surface area contributed by atoms with Crippen LogP contribution < -0.4 is 10.1 Å². The Kier molecular flexibility index (Phi) is 12.3. The minimum atomic E-state index is -3.77. The smallest absolute Gasteiger partial charge is 0.258 e. The van der Waals surface area contributed by atoms with E-state index in [1.165, 1.54) is 11.4 Å². The molecule has 0 fully saturated rings. The second-order valence-electron chi connectivity index (χ2n) is 11.9. The van der Waals surface area contributed by atoms with Gasteiger partial charge in [-0.1, -0.05) is 43.3 Å². The molecule has 0 aliphatic carbocycles. The van der Waals surface area contributed by atoms with Crippen LogP contribution in [0.5, 0.6) is 5.75 Å². The van der Waals surface area contributed by atoms with Crippen molar-refractivity contribution in [3.05, 3.63) is 90.0 Å². The van der Waals surface area contributed by atoms with Gasteiger partial charge < -0.3 is 24.8 Å². The molecule has 1 heterocycles. The third kappa shape index (κ3) is 8.94. The molecule has 1 aliphatic heterocycles. The summed E-state index contributed by atoms with van der Waals surface area (Å²) in [6, 6.07) is 21.5. The minimum absolute atomic E-state index is 0.0830. The zero-order valence-electron chi connectivity index (χ0n) is 27.0. The second kappa shape index (κ2) is 16.2. The molecular weight excluding hydrogens is 606 g/mol. The van der Waals surface area contributed by atoms with E-state index in [2.05, 4.69) is 5.32 Å². The Morgan fingerprint density at radius 1 is 1.04 bits per heavy atom. The first-order valence-corrected chi connectivity index (χ1v) is 17.2. The van der Waals surface area contributed by atoms with Gasteiger partial charge in [0.25, 0.3) is 11.8 Å². The van der Waals surface area contributed by atoms with Crippen molar-refractivity contribution in [1.29, 1.82) is 0 Å². The normalized spacial score (nSPS) is 20.7. The van der Waals surface area contributed by atoms with Crippen molar-refractivity contribution in [2.75, 3.05) is 38.7 Å². The van der Waals surface area contributed by atoms with Crippen LogP contribution in [0.25, 0.3) is 0 Å². The third-order valence-corrected chi connectivity index (χ3v) is 10.1. The number of hydrogen-bond acceptors (Lipinski definition) is 7. The maximum Gasteiger partial charge on any atom is 0.258 e. The number of aliphatic hydroxyl groups excluding tert-OH is 1. The van der Waals surface area contributed by atoms with Gasteiger partial charge in [-0.15, -0.1) is 0 Å². The molecule has 248 valence electrons. The van der Waals surface area contributed by atoms with E-state index >= 15 is 0 Å². The van der Waals surface area contributed by atoms with Gasteiger partial charge in [-0.05, 0) is 75.6 Å². The minimum Gasteiger partial charge on any atom is -0.490 e. The number of likely N-dealkylation sites (N-methyl/N-ethyl adjacent to an activating group) is 1. The fourth-order valence-corrected chi connectivity index (χ4v) is 6.58. The Hall–Kier alpha value is -3.77. The molecule has 0 aromatic heterocycles. The van der Waals surface area contributed by atoms with E-state index in [-0.39, 0.29) is 54.0 Å². The summed E-state index contributed by atoms with van der Waals surface area (Å²) in [5, 5.41) is 13.1. The SMILES string of the molecule is C[C@@H]1CN([C@@H](C)CO)C(=O)c2cc(NC(=O)c3ccccc3)ccc2O[C@@H](C)CCCCO[C@H]1CN(C)S(=O)(=O)c1ccccc1. The van der Waals surface area contributed by atoms with Crippen molar-refractivity contribution in [2.24, 2.45) is 5.92 Å². The number of fused-ring (bicyclic) bond motifs is 1. The van der Waals surface area contributed by atoms with E-state index < -0.39 is 22.2 Å². The molecule has 0 radical (unpaired) electrons. The van der Waals surface area contributed by atoms with Crippen molar-refractivity contribution in [3.8, 4) is 5.75 Å². The monoisotopic (exact) mass is 651 g/mol. The topological polar surface area (TPSA) is 125 Å². The molecule has 0 bridgehead atoms. The molecule has 1 aliphatic rings. The van der Waals surface area contributed by atoms with E-state index in [1.54, 1.807) is 84.6 Å². The standard InChI is InChI=1S/C35H45N3O7S/c1-25-22-38(26(2)24-39)35(41)31-21-29(36-34(40)28-14-7-5-8-15-28)18-19-32(31)45-27(3)13-11-12-20-44-33(25)23-37(4)46(42,43)30-16-9-6-10-17-30/h5-10,14-19,21,25-27,33,39H,11-13,20,22-24H2,1-4H3,(H,36,40)/t25-,26+,27+,33+/m1/s1. The molecule has 10 nitrogen and oxygen atoms in total. The van der Waals surface area contributed by atoms with E-state index in [0.717, 1.165) is 12.8 Å². The fourth-order valence-electron chi connectivity index (χ4n) is 5.38. The number of benzene rings is 3. The quantitative estimate of drug-likeness (QED) is 0.349. The molecule has 4 atom stereocenters. The Labute approximate surface area is 272 Å². The van der Waals surface area contributed by atoms with Crippen LogP contribution in [-0.2, 0) is 14.8 Å². The maximum atomic E-state index is 14.3. The number of carbonyl (C=O) groups excluding carboxylic acids is 2. The summed E-state index contributed by atoms with van der Waals surface area (Å²) < 4.78 is 40.6. The zero-order chi connectivity index (χ0) is 33.3. The third-order valence-electron chi connectivity index (χ3n) is 8.23. The number of rotatable bonds is 8. The van der Waals surface area contributed by atoms with Crippen LogP contribution in [-0.4, -0.2) is 86.1 Å². The number of ether oxygens (including phenoxy) is 2. The summed E-state index contributed by atoms with van der Waals surface area (Å²) in [5.74, 6) is -0.616.